The smallest absolute Gasteiger partial charge is 0.120 e. The van der Waals surface area contributed by atoms with Gasteiger partial charge < -0.3 is 0 Å². The van der Waals surface area contributed by atoms with Gasteiger partial charge in [0.2, 0.25) is 0 Å². The summed E-state index contributed by atoms with van der Waals surface area (Å²) >= 11 is 0. The minimum Gasteiger partial charge on any atom is -0.197 e. The summed E-state index contributed by atoms with van der Waals surface area (Å²) in [6, 6.07) is 8.36. The van der Waals surface area contributed by atoms with Gasteiger partial charge in [-0.25, -0.2) is 0 Å². The first-order valence-electron chi connectivity index (χ1n) is 4.97. The molecule has 1 aromatic heterocycles. The summed E-state index contributed by atoms with van der Waals surface area (Å²) in [5.41, 5.74) is 4.43. The van der Waals surface area contributed by atoms with Gasteiger partial charge >= 0.3 is 0 Å². The summed E-state index contributed by atoms with van der Waals surface area (Å²) in [4.78, 5) is 0. The van der Waals surface area contributed by atoms with E-state index in [4.69, 9.17) is 0 Å². The van der Waals surface area contributed by atoms with Crippen LogP contribution in [0.15, 0.2) is 24.3 Å². The molecule has 0 spiro atoms. The standard InChI is InChI=1S/C12H11N3/c1-7-4-3-5-9-11(7)8(2)6-10-12(9)14-15-13-10/h3-6H,1-2H3,(H,13,14,15). The number of hydrogen-bond donors (Lipinski definition) is 1. The number of nitrogens with one attached hydrogen (secondary N) is 1. The number of rotatable bonds is 0. The number of benzene rings is 2. The molecule has 2 aromatic carbocycles. The largest absolute Gasteiger partial charge is 0.197 e. The molecule has 3 heteroatoms. The third-order valence-electron chi connectivity index (χ3n) is 2.85. The van der Waals surface area contributed by atoms with Crippen molar-refractivity contribution in [2.75, 3.05) is 0 Å². The van der Waals surface area contributed by atoms with Crippen LogP contribution < -0.4 is 0 Å². The van der Waals surface area contributed by atoms with E-state index in [1.807, 2.05) is 0 Å². The maximum Gasteiger partial charge on any atom is 0.120 e. The number of H-pyrrole nitrogens is 1. The third kappa shape index (κ3) is 1.06. The van der Waals surface area contributed by atoms with Gasteiger partial charge in [0.05, 0.1) is 0 Å². The van der Waals surface area contributed by atoms with Crippen LogP contribution >= 0.6 is 0 Å². The fourth-order valence-corrected chi connectivity index (χ4v) is 2.20. The van der Waals surface area contributed by atoms with Crippen molar-refractivity contribution in [3.63, 3.8) is 0 Å². The van der Waals surface area contributed by atoms with Crippen LogP contribution in [0, 0.1) is 13.8 Å². The Morgan fingerprint density at radius 2 is 1.93 bits per heavy atom. The SMILES string of the molecule is Cc1cccc2c1c(C)cc1n[nH]nc12. The second-order valence-electron chi connectivity index (χ2n) is 3.88. The second-order valence-corrected chi connectivity index (χ2v) is 3.88. The molecule has 1 N–H and O–H groups in total. The number of aromatic nitrogens is 3. The van der Waals surface area contributed by atoms with Gasteiger partial charge in [-0.2, -0.15) is 15.4 Å². The van der Waals surface area contributed by atoms with Gasteiger partial charge in [-0.3, -0.25) is 0 Å². The Labute approximate surface area is 87.1 Å². The minimum absolute atomic E-state index is 0.936. The summed E-state index contributed by atoms with van der Waals surface area (Å²) in [5, 5.41) is 13.5. The molecule has 0 atom stereocenters. The lowest BCUT2D eigenvalue weighted by Crippen LogP contribution is -1.84. The Bertz CT molecular complexity index is 652. The number of nitrogens with zero attached hydrogens (tertiary/aromatic N) is 2. The molecular weight excluding hydrogens is 186 g/mol. The normalized spacial score (nSPS) is 11.3. The van der Waals surface area contributed by atoms with Gasteiger partial charge in [0.25, 0.3) is 0 Å². The van der Waals surface area contributed by atoms with Gasteiger partial charge in [0.15, 0.2) is 0 Å². The average Bonchev–Trinajstić information content (AvgIpc) is 2.65. The molecule has 15 heavy (non-hydrogen) atoms. The first-order chi connectivity index (χ1) is 7.27. The quantitative estimate of drug-likeness (QED) is 0.602. The first kappa shape index (κ1) is 8.41. The van der Waals surface area contributed by atoms with E-state index in [0.717, 1.165) is 11.0 Å². The van der Waals surface area contributed by atoms with E-state index in [0.29, 0.717) is 0 Å². The molecule has 0 saturated heterocycles. The second kappa shape index (κ2) is 2.79. The molecule has 0 amide bonds. The highest BCUT2D eigenvalue weighted by molar-refractivity contribution is 6.06. The lowest BCUT2D eigenvalue weighted by molar-refractivity contribution is 0.960. The Balaban J connectivity index is 2.67. The van der Waals surface area contributed by atoms with Crippen LogP contribution in [0.5, 0.6) is 0 Å². The van der Waals surface area contributed by atoms with Crippen LogP contribution in [0.25, 0.3) is 21.8 Å². The molecule has 0 radical (unpaired) electrons. The molecule has 3 rings (SSSR count). The predicted octanol–water partition coefficient (Wildman–Crippen LogP) is 2.73. The number of fused-ring (bicyclic) bond motifs is 3. The Morgan fingerprint density at radius 3 is 2.80 bits per heavy atom. The molecule has 3 aromatic rings. The summed E-state index contributed by atoms with van der Waals surface area (Å²) < 4.78 is 0. The zero-order valence-electron chi connectivity index (χ0n) is 8.70. The highest BCUT2D eigenvalue weighted by Crippen LogP contribution is 2.27. The topological polar surface area (TPSA) is 41.6 Å². The molecule has 0 aliphatic rings. The summed E-state index contributed by atoms with van der Waals surface area (Å²) in [5.74, 6) is 0. The van der Waals surface area contributed by atoms with Gasteiger partial charge in [0.1, 0.15) is 11.0 Å². The number of hydrogen-bond acceptors (Lipinski definition) is 2. The van der Waals surface area contributed by atoms with E-state index in [1.165, 1.54) is 21.9 Å². The van der Waals surface area contributed by atoms with Gasteiger partial charge in [-0.05, 0) is 36.4 Å². The summed E-state index contributed by atoms with van der Waals surface area (Å²) in [7, 11) is 0. The van der Waals surface area contributed by atoms with Gasteiger partial charge in [-0.15, -0.1) is 0 Å². The van der Waals surface area contributed by atoms with Crippen LogP contribution in [0.3, 0.4) is 0 Å². The fraction of sp³-hybridized carbons (Fsp3) is 0.167. The van der Waals surface area contributed by atoms with Gasteiger partial charge in [-0.1, -0.05) is 18.2 Å². The van der Waals surface area contributed by atoms with Crippen molar-refractivity contribution in [1.29, 1.82) is 0 Å². The van der Waals surface area contributed by atoms with E-state index in [1.54, 1.807) is 0 Å². The van der Waals surface area contributed by atoms with Crippen LogP contribution in [0.1, 0.15) is 11.1 Å². The monoisotopic (exact) mass is 197 g/mol. The molecule has 3 nitrogen and oxygen atoms in total. The van der Waals surface area contributed by atoms with E-state index >= 15 is 0 Å². The molecular formula is C12H11N3. The Morgan fingerprint density at radius 1 is 1.07 bits per heavy atom. The van der Waals surface area contributed by atoms with Crippen molar-refractivity contribution < 1.29 is 0 Å². The molecule has 1 heterocycles. The van der Waals surface area contributed by atoms with E-state index in [2.05, 4.69) is 53.5 Å². The van der Waals surface area contributed by atoms with Crippen LogP contribution in [0.2, 0.25) is 0 Å². The van der Waals surface area contributed by atoms with E-state index in [-0.39, 0.29) is 0 Å². The van der Waals surface area contributed by atoms with Crippen molar-refractivity contribution >= 4 is 21.8 Å². The van der Waals surface area contributed by atoms with Crippen molar-refractivity contribution in [3.8, 4) is 0 Å². The lowest BCUT2D eigenvalue weighted by Gasteiger charge is -2.05. The minimum atomic E-state index is 0.936. The predicted molar refractivity (Wildman–Crippen MR) is 60.9 cm³/mol. The molecule has 0 saturated carbocycles. The Kier molecular flexibility index (Phi) is 1.57. The van der Waals surface area contributed by atoms with E-state index in [9.17, 15) is 0 Å². The summed E-state index contributed by atoms with van der Waals surface area (Å²) in [6.07, 6.45) is 0. The first-order valence-corrected chi connectivity index (χ1v) is 4.97. The van der Waals surface area contributed by atoms with Crippen molar-refractivity contribution in [2.45, 2.75) is 13.8 Å². The molecule has 0 bridgehead atoms. The van der Waals surface area contributed by atoms with Crippen LogP contribution in [-0.4, -0.2) is 15.4 Å². The van der Waals surface area contributed by atoms with Crippen LogP contribution in [-0.2, 0) is 0 Å². The van der Waals surface area contributed by atoms with Crippen LogP contribution in [0.4, 0.5) is 0 Å². The maximum absolute atomic E-state index is 4.19. The van der Waals surface area contributed by atoms with Crippen molar-refractivity contribution in [2.24, 2.45) is 0 Å². The summed E-state index contributed by atoms with van der Waals surface area (Å²) in [6.45, 7) is 4.24. The maximum atomic E-state index is 4.19. The number of aromatic amines is 1. The zero-order valence-corrected chi connectivity index (χ0v) is 8.70. The lowest BCUT2D eigenvalue weighted by atomic mass is 10.00. The average molecular weight is 197 g/mol. The molecule has 74 valence electrons. The zero-order chi connectivity index (χ0) is 10.4. The molecule has 0 aliphatic heterocycles. The van der Waals surface area contributed by atoms with Crippen molar-refractivity contribution in [3.05, 3.63) is 35.4 Å². The highest BCUT2D eigenvalue weighted by atomic mass is 15.3. The van der Waals surface area contributed by atoms with E-state index < -0.39 is 0 Å². The Hall–Kier alpha value is -1.90. The van der Waals surface area contributed by atoms with Gasteiger partial charge in [0, 0.05) is 5.39 Å². The van der Waals surface area contributed by atoms with Crippen molar-refractivity contribution in [1.82, 2.24) is 15.4 Å². The highest BCUT2D eigenvalue weighted by Gasteiger charge is 2.08. The fourth-order valence-electron chi connectivity index (χ4n) is 2.20. The molecule has 0 aliphatic carbocycles. The number of aryl methyl sites for hydroxylation is 2. The third-order valence-corrected chi connectivity index (χ3v) is 2.85. The molecule has 0 fully saturated rings. The molecule has 0 unspecified atom stereocenters.